The fourth-order valence-electron chi connectivity index (χ4n) is 2.70. The minimum atomic E-state index is -6.70. The zero-order valence-electron chi connectivity index (χ0n) is 14.4. The molecule has 0 saturated carbocycles. The lowest BCUT2D eigenvalue weighted by atomic mass is 9.85. The maximum atomic E-state index is 14.8. The Hall–Kier alpha value is -2.80. The third-order valence-electron chi connectivity index (χ3n) is 4.05. The van der Waals surface area contributed by atoms with Crippen LogP contribution in [0.25, 0.3) is 11.1 Å². The molecule has 0 radical (unpaired) electrons. The molecule has 2 rings (SSSR count). The van der Waals surface area contributed by atoms with Gasteiger partial charge in [-0.3, -0.25) is 0 Å². The van der Waals surface area contributed by atoms with Crippen molar-refractivity contribution in [3.8, 4) is 23.3 Å². The monoisotopic (exact) mass is 518 g/mol. The van der Waals surface area contributed by atoms with Crippen molar-refractivity contribution in [3.05, 3.63) is 57.1 Å². The van der Waals surface area contributed by atoms with Crippen molar-refractivity contribution in [2.24, 2.45) is 0 Å². The molecule has 13 heteroatoms. The molecule has 0 aromatic heterocycles. The summed E-state index contributed by atoms with van der Waals surface area (Å²) in [7, 11) is 0. The normalized spacial score (nSPS) is 12.9. The number of rotatable bonds is 2. The van der Waals surface area contributed by atoms with Crippen LogP contribution in [0.15, 0.2) is 34.8 Å². The molecular formula is C18H5BrF10N2. The second-order valence-electron chi connectivity index (χ2n) is 6.06. The molecule has 2 aromatic rings. The number of halogens is 11. The fraction of sp³-hybridized carbons (Fsp3) is 0.222. The van der Waals surface area contributed by atoms with Crippen LogP contribution in [0.2, 0.25) is 0 Å². The van der Waals surface area contributed by atoms with Gasteiger partial charge in [-0.15, -0.1) is 0 Å². The van der Waals surface area contributed by atoms with Gasteiger partial charge < -0.3 is 0 Å². The lowest BCUT2D eigenvalue weighted by molar-refractivity contribution is -0.348. The van der Waals surface area contributed by atoms with Crippen LogP contribution in [-0.4, -0.2) is 12.4 Å². The summed E-state index contributed by atoms with van der Waals surface area (Å²) in [4.78, 5) is 0. The average molecular weight is 519 g/mol. The van der Waals surface area contributed by atoms with E-state index in [1.807, 2.05) is 0 Å². The summed E-state index contributed by atoms with van der Waals surface area (Å²) in [5.41, 5.74) is -13.3. The molecule has 0 atom stereocenters. The van der Waals surface area contributed by atoms with Crippen molar-refractivity contribution in [1.29, 1.82) is 10.5 Å². The molecule has 0 fully saturated rings. The number of benzene rings is 2. The summed E-state index contributed by atoms with van der Waals surface area (Å²) in [5, 5.41) is 18.0. The standard InChI is InChI=1S/C18H5BrF10N2/c19-13-5-11(16(21,22)23)4-12(15(20,17(24,25)26)18(27,28)29)14(13)10-2-8(6-30)1-9(3-10)7-31/h1-5H. The van der Waals surface area contributed by atoms with E-state index in [1.165, 1.54) is 12.1 Å². The van der Waals surface area contributed by atoms with E-state index in [0.29, 0.717) is 12.1 Å². The summed E-state index contributed by atoms with van der Waals surface area (Å²) in [5.74, 6) is 0. The zero-order chi connectivity index (χ0) is 24.0. The minimum absolute atomic E-state index is 0.164. The van der Waals surface area contributed by atoms with Gasteiger partial charge in [0.1, 0.15) is 0 Å². The molecule has 2 aromatic carbocycles. The highest BCUT2D eigenvalue weighted by atomic mass is 79.9. The van der Waals surface area contributed by atoms with Crippen LogP contribution >= 0.6 is 15.9 Å². The van der Waals surface area contributed by atoms with Gasteiger partial charge in [-0.05, 0) is 35.9 Å². The predicted octanol–water partition coefficient (Wildman–Crippen LogP) is 7.17. The highest BCUT2D eigenvalue weighted by molar-refractivity contribution is 9.10. The van der Waals surface area contributed by atoms with Crippen molar-refractivity contribution in [2.45, 2.75) is 24.2 Å². The molecule has 0 aliphatic rings. The molecule has 0 aliphatic carbocycles. The Balaban J connectivity index is 3.12. The van der Waals surface area contributed by atoms with E-state index in [1.54, 1.807) is 0 Å². The second-order valence-corrected chi connectivity index (χ2v) is 6.91. The first kappa shape index (κ1) is 24.5. The van der Waals surface area contributed by atoms with Gasteiger partial charge >= 0.3 is 24.2 Å². The van der Waals surface area contributed by atoms with E-state index in [2.05, 4.69) is 15.9 Å². The van der Waals surface area contributed by atoms with Crippen LogP contribution in [0.3, 0.4) is 0 Å². The average Bonchev–Trinajstić information content (AvgIpc) is 2.63. The summed E-state index contributed by atoms with van der Waals surface area (Å²) in [6.45, 7) is 0. The third kappa shape index (κ3) is 4.32. The van der Waals surface area contributed by atoms with Gasteiger partial charge in [0.15, 0.2) is 0 Å². The quantitative estimate of drug-likeness (QED) is 0.396. The van der Waals surface area contributed by atoms with Gasteiger partial charge in [0.25, 0.3) is 0 Å². The Kier molecular flexibility index (Phi) is 6.09. The zero-order valence-corrected chi connectivity index (χ0v) is 16.0. The number of nitrogens with zero attached hydrogens (tertiary/aromatic N) is 2. The highest BCUT2D eigenvalue weighted by Gasteiger charge is 2.74. The van der Waals surface area contributed by atoms with Crippen LogP contribution in [0, 0.1) is 22.7 Å². The Morgan fingerprint density at radius 1 is 0.677 bits per heavy atom. The van der Waals surface area contributed by atoms with Crippen molar-refractivity contribution < 1.29 is 43.9 Å². The first-order chi connectivity index (χ1) is 14.0. The lowest BCUT2D eigenvalue weighted by Gasteiger charge is -2.33. The van der Waals surface area contributed by atoms with E-state index in [-0.39, 0.29) is 6.07 Å². The van der Waals surface area contributed by atoms with E-state index >= 15 is 0 Å². The predicted molar refractivity (Wildman–Crippen MR) is 88.9 cm³/mol. The maximum Gasteiger partial charge on any atom is 0.435 e. The molecule has 0 amide bonds. The summed E-state index contributed by atoms with van der Waals surface area (Å²) in [6, 6.07) is 4.93. The van der Waals surface area contributed by atoms with E-state index in [0.717, 1.165) is 6.07 Å². The van der Waals surface area contributed by atoms with Gasteiger partial charge in [0.05, 0.1) is 28.8 Å². The van der Waals surface area contributed by atoms with Crippen LogP contribution in [0.4, 0.5) is 43.9 Å². The van der Waals surface area contributed by atoms with Gasteiger partial charge in [0.2, 0.25) is 0 Å². The molecule has 0 bridgehead atoms. The summed E-state index contributed by atoms with van der Waals surface area (Å²) in [6.07, 6.45) is -18.8. The lowest BCUT2D eigenvalue weighted by Crippen LogP contribution is -2.50. The summed E-state index contributed by atoms with van der Waals surface area (Å²) < 4.78 is 133. The second kappa shape index (κ2) is 7.71. The Morgan fingerprint density at radius 3 is 1.48 bits per heavy atom. The fourth-order valence-corrected chi connectivity index (χ4v) is 3.39. The molecule has 164 valence electrons. The van der Waals surface area contributed by atoms with E-state index in [4.69, 9.17) is 10.5 Å². The van der Waals surface area contributed by atoms with Crippen molar-refractivity contribution >= 4 is 15.9 Å². The number of nitriles is 2. The maximum absolute atomic E-state index is 14.8. The highest BCUT2D eigenvalue weighted by Crippen LogP contribution is 2.57. The smallest absolute Gasteiger partial charge is 0.218 e. The molecule has 0 N–H and O–H groups in total. The van der Waals surface area contributed by atoms with Crippen LogP contribution in [0.1, 0.15) is 22.3 Å². The molecular weight excluding hydrogens is 514 g/mol. The van der Waals surface area contributed by atoms with Gasteiger partial charge in [-0.25, -0.2) is 4.39 Å². The molecule has 31 heavy (non-hydrogen) atoms. The van der Waals surface area contributed by atoms with Crippen molar-refractivity contribution in [2.75, 3.05) is 0 Å². The Labute approximate surface area is 175 Å². The van der Waals surface area contributed by atoms with Crippen molar-refractivity contribution in [3.63, 3.8) is 0 Å². The van der Waals surface area contributed by atoms with Crippen molar-refractivity contribution in [1.82, 2.24) is 0 Å². The van der Waals surface area contributed by atoms with Gasteiger partial charge in [0, 0.05) is 15.6 Å². The molecule has 0 heterocycles. The van der Waals surface area contributed by atoms with E-state index in [9.17, 15) is 43.9 Å². The molecule has 0 aliphatic heterocycles. The van der Waals surface area contributed by atoms with Crippen LogP contribution in [-0.2, 0) is 11.8 Å². The van der Waals surface area contributed by atoms with Gasteiger partial charge in [-0.2, -0.15) is 50.0 Å². The SMILES string of the molecule is N#Cc1cc(C#N)cc(-c2c(Br)cc(C(F)(F)F)cc2C(F)(C(F)(F)F)C(F)(F)F)c1. The third-order valence-corrected chi connectivity index (χ3v) is 4.68. The molecule has 0 unspecified atom stereocenters. The van der Waals surface area contributed by atoms with Crippen LogP contribution < -0.4 is 0 Å². The minimum Gasteiger partial charge on any atom is -0.218 e. The molecule has 2 nitrogen and oxygen atoms in total. The number of hydrogen-bond donors (Lipinski definition) is 0. The molecule has 0 saturated heterocycles. The topological polar surface area (TPSA) is 47.6 Å². The molecule has 0 spiro atoms. The summed E-state index contributed by atoms with van der Waals surface area (Å²) >= 11 is 2.48. The number of hydrogen-bond acceptors (Lipinski definition) is 2. The Bertz CT molecular complexity index is 1050. The number of alkyl halides is 10. The largest absolute Gasteiger partial charge is 0.435 e. The first-order valence-electron chi connectivity index (χ1n) is 7.66. The first-order valence-corrected chi connectivity index (χ1v) is 8.46. The Morgan fingerprint density at radius 2 is 1.13 bits per heavy atom. The van der Waals surface area contributed by atoms with E-state index < -0.39 is 68.1 Å². The van der Waals surface area contributed by atoms with Crippen LogP contribution in [0.5, 0.6) is 0 Å². The van der Waals surface area contributed by atoms with Gasteiger partial charge in [-0.1, -0.05) is 15.9 Å².